The maximum Gasteiger partial charge on any atom is 0.406 e. The van der Waals surface area contributed by atoms with Crippen molar-refractivity contribution >= 4 is 21.1 Å². The number of nitrogens with zero attached hydrogens (tertiary/aromatic N) is 1. The lowest BCUT2D eigenvalue weighted by Gasteiger charge is -2.37. The summed E-state index contributed by atoms with van der Waals surface area (Å²) >= 11 is -0.559. The molecular weight excluding hydrogens is 236 g/mol. The second-order valence-corrected chi connectivity index (χ2v) is 5.78. The first-order valence-corrected chi connectivity index (χ1v) is 7.31. The SMILES string of the molecule is C=C1[C@H]([AlH][CH3])C[C@H](N)C(=O)N1CC(F)(F)F. The van der Waals surface area contributed by atoms with Crippen LogP contribution in [0.4, 0.5) is 13.2 Å². The molecule has 16 heavy (non-hydrogen) atoms. The Balaban J connectivity index is 2.86. The summed E-state index contributed by atoms with van der Waals surface area (Å²) in [6.45, 7) is 2.33. The molecule has 2 N–H and O–H groups in total. The molecule has 1 saturated heterocycles. The zero-order chi connectivity index (χ0) is 12.5. The fourth-order valence-corrected chi connectivity index (χ4v) is 3.25. The van der Waals surface area contributed by atoms with Crippen molar-refractivity contribution in [3.63, 3.8) is 0 Å². The Kier molecular flexibility index (Phi) is 4.05. The molecule has 1 amide bonds. The van der Waals surface area contributed by atoms with Gasteiger partial charge < -0.3 is 10.6 Å². The van der Waals surface area contributed by atoms with Gasteiger partial charge >= 0.3 is 6.18 Å². The van der Waals surface area contributed by atoms with Crippen molar-refractivity contribution in [3.05, 3.63) is 12.3 Å². The molecule has 0 aromatic rings. The largest absolute Gasteiger partial charge is 0.406 e. The summed E-state index contributed by atoms with van der Waals surface area (Å²) in [5.41, 5.74) is 5.83. The van der Waals surface area contributed by atoms with Crippen LogP contribution in [0.2, 0.25) is 10.6 Å². The van der Waals surface area contributed by atoms with Crippen molar-refractivity contribution in [1.29, 1.82) is 0 Å². The maximum atomic E-state index is 12.3. The van der Waals surface area contributed by atoms with E-state index in [4.69, 9.17) is 5.73 Å². The molecule has 0 aliphatic carbocycles. The molecule has 0 aromatic heterocycles. The highest BCUT2D eigenvalue weighted by molar-refractivity contribution is 6.37. The van der Waals surface area contributed by atoms with Gasteiger partial charge in [-0.1, -0.05) is 6.58 Å². The van der Waals surface area contributed by atoms with E-state index in [1.165, 1.54) is 0 Å². The van der Waals surface area contributed by atoms with Gasteiger partial charge in [0.05, 0.1) is 6.04 Å². The Bertz CT molecular complexity index is 306. The Morgan fingerprint density at radius 1 is 1.62 bits per heavy atom. The van der Waals surface area contributed by atoms with E-state index in [1.54, 1.807) is 0 Å². The van der Waals surface area contributed by atoms with E-state index in [0.717, 1.165) is 0 Å². The first-order valence-electron chi connectivity index (χ1n) is 5.08. The number of halogens is 3. The van der Waals surface area contributed by atoms with Gasteiger partial charge in [0, 0.05) is 5.70 Å². The van der Waals surface area contributed by atoms with Gasteiger partial charge in [0.25, 0.3) is 0 Å². The minimum Gasteiger partial charge on any atom is -0.320 e. The molecule has 0 radical (unpaired) electrons. The summed E-state index contributed by atoms with van der Waals surface area (Å²) in [4.78, 5) is 12.2. The van der Waals surface area contributed by atoms with Crippen LogP contribution in [-0.4, -0.2) is 44.8 Å². The first kappa shape index (κ1) is 13.6. The number of rotatable bonds is 2. The van der Waals surface area contributed by atoms with Gasteiger partial charge in [-0.05, 0) is 11.2 Å². The monoisotopic (exact) mass is 250 g/mol. The third kappa shape index (κ3) is 3.00. The van der Waals surface area contributed by atoms with E-state index in [1.807, 2.05) is 5.79 Å². The highest BCUT2D eigenvalue weighted by Gasteiger charge is 2.40. The van der Waals surface area contributed by atoms with Gasteiger partial charge in [-0.2, -0.15) is 13.2 Å². The van der Waals surface area contributed by atoms with E-state index in [0.29, 0.717) is 11.3 Å². The number of carbonyl (C=O) groups is 1. The third-order valence-electron chi connectivity index (χ3n) is 2.77. The van der Waals surface area contributed by atoms with Crippen LogP contribution >= 0.6 is 0 Å². The summed E-state index contributed by atoms with van der Waals surface area (Å²) in [7, 11) is 0. The maximum absolute atomic E-state index is 12.3. The average Bonchev–Trinajstić information content (AvgIpc) is 2.17. The highest BCUT2D eigenvalue weighted by Crippen LogP contribution is 2.32. The van der Waals surface area contributed by atoms with Crippen molar-refractivity contribution in [2.24, 2.45) is 5.73 Å². The van der Waals surface area contributed by atoms with Gasteiger partial charge in [-0.25, -0.2) is 0 Å². The minimum atomic E-state index is -4.41. The summed E-state index contributed by atoms with van der Waals surface area (Å²) < 4.78 is 36.8. The molecule has 0 unspecified atom stereocenters. The van der Waals surface area contributed by atoms with E-state index >= 15 is 0 Å². The van der Waals surface area contributed by atoms with Gasteiger partial charge in [-0.3, -0.25) is 4.79 Å². The molecular formula is C9H14AlF3N2O. The van der Waals surface area contributed by atoms with Crippen molar-refractivity contribution in [3.8, 4) is 0 Å². The Hall–Kier alpha value is -0.508. The van der Waals surface area contributed by atoms with Gasteiger partial charge in [0.15, 0.2) is 0 Å². The molecule has 1 heterocycles. The molecule has 0 spiro atoms. The number of carbonyl (C=O) groups excluding carboxylic acids is 1. The molecule has 0 saturated carbocycles. The van der Waals surface area contributed by atoms with Crippen molar-refractivity contribution in [1.82, 2.24) is 4.90 Å². The Labute approximate surface area is 98.2 Å². The number of allylic oxidation sites excluding steroid dienone is 1. The lowest BCUT2D eigenvalue weighted by atomic mass is 10.0. The quantitative estimate of drug-likeness (QED) is 0.740. The highest BCUT2D eigenvalue weighted by atomic mass is 27.1. The fourth-order valence-electron chi connectivity index (χ4n) is 1.87. The van der Waals surface area contributed by atoms with Crippen LogP contribution in [0, 0.1) is 0 Å². The van der Waals surface area contributed by atoms with E-state index in [2.05, 4.69) is 6.58 Å². The van der Waals surface area contributed by atoms with E-state index in [9.17, 15) is 18.0 Å². The molecule has 7 heteroatoms. The molecule has 0 bridgehead atoms. The smallest absolute Gasteiger partial charge is 0.320 e. The van der Waals surface area contributed by atoms with Crippen molar-refractivity contribution in [2.75, 3.05) is 6.54 Å². The number of likely N-dealkylation sites (tertiary alicyclic amines) is 1. The number of piperidine rings is 1. The second-order valence-electron chi connectivity index (χ2n) is 3.98. The number of hydrogen-bond donors (Lipinski definition) is 1. The summed E-state index contributed by atoms with van der Waals surface area (Å²) in [5.74, 6) is 1.31. The van der Waals surface area contributed by atoms with Crippen LogP contribution in [-0.2, 0) is 4.79 Å². The predicted molar refractivity (Wildman–Crippen MR) is 56.3 cm³/mol. The van der Waals surface area contributed by atoms with Crippen molar-refractivity contribution < 1.29 is 18.0 Å². The topological polar surface area (TPSA) is 46.3 Å². The Morgan fingerprint density at radius 3 is 2.62 bits per heavy atom. The second kappa shape index (κ2) is 4.78. The van der Waals surface area contributed by atoms with Gasteiger partial charge in [0.1, 0.15) is 6.54 Å². The molecule has 1 rings (SSSR count). The zero-order valence-corrected chi connectivity index (χ0v) is 10.5. The average molecular weight is 250 g/mol. The fraction of sp³-hybridized carbons (Fsp3) is 0.667. The van der Waals surface area contributed by atoms with Gasteiger partial charge in [0.2, 0.25) is 21.1 Å². The third-order valence-corrected chi connectivity index (χ3v) is 4.56. The lowest BCUT2D eigenvalue weighted by molar-refractivity contribution is -0.159. The van der Waals surface area contributed by atoms with Gasteiger partial charge in [-0.15, -0.1) is 5.79 Å². The van der Waals surface area contributed by atoms with E-state index < -0.39 is 39.9 Å². The number of hydrogen-bond acceptors (Lipinski definition) is 2. The summed E-state index contributed by atoms with van der Waals surface area (Å²) in [5, 5.41) is 0. The summed E-state index contributed by atoms with van der Waals surface area (Å²) in [6.07, 6.45) is -3.97. The van der Waals surface area contributed by atoms with Crippen LogP contribution in [0.3, 0.4) is 0 Å². The molecule has 1 aliphatic heterocycles. The molecule has 2 atom stereocenters. The van der Waals surface area contributed by atoms with Crippen LogP contribution in [0.15, 0.2) is 12.3 Å². The van der Waals surface area contributed by atoms with Crippen molar-refractivity contribution in [2.45, 2.75) is 29.2 Å². The van der Waals surface area contributed by atoms with E-state index in [-0.39, 0.29) is 10.5 Å². The number of amides is 1. The molecule has 1 aliphatic rings. The standard InChI is InChI=1S/C8H10F3N2O.CH3.Al.H/c1-5-2-3-6(12)7(14)13(5)4-8(9,10)11;;;/h2,6H,1,3-4,12H2;1H3;;/t6-;;;/m0.../s1. The first-order chi connectivity index (χ1) is 7.26. The van der Waals surface area contributed by atoms with Crippen LogP contribution in [0.5, 0.6) is 0 Å². The van der Waals surface area contributed by atoms with Crippen LogP contribution in [0.25, 0.3) is 0 Å². The molecule has 90 valence electrons. The normalized spacial score (nSPS) is 27.2. The lowest BCUT2D eigenvalue weighted by Crippen LogP contribution is -2.52. The van der Waals surface area contributed by atoms with Crippen LogP contribution in [0.1, 0.15) is 6.42 Å². The number of nitrogens with two attached hydrogens (primary N) is 1. The zero-order valence-electron chi connectivity index (χ0n) is 9.05. The Morgan fingerprint density at radius 2 is 2.19 bits per heavy atom. The molecule has 1 fully saturated rings. The number of alkyl halides is 3. The van der Waals surface area contributed by atoms with Crippen LogP contribution < -0.4 is 5.73 Å². The minimum absolute atomic E-state index is 0.00458. The molecule has 0 aromatic carbocycles. The predicted octanol–water partition coefficient (Wildman–Crippen LogP) is 0.895. The summed E-state index contributed by atoms with van der Waals surface area (Å²) in [6, 6.07) is -0.815. The molecule has 3 nitrogen and oxygen atoms in total.